The van der Waals surface area contributed by atoms with Gasteiger partial charge in [-0.3, -0.25) is 9.79 Å². The number of hydrogen-bond donors (Lipinski definition) is 0. The highest BCUT2D eigenvalue weighted by Crippen LogP contribution is 2.20. The summed E-state index contributed by atoms with van der Waals surface area (Å²) in [6.45, 7) is 14.7. The minimum atomic E-state index is -0.00678. The Kier molecular flexibility index (Phi) is 6.69. The lowest BCUT2D eigenvalue weighted by Gasteiger charge is -2.36. The van der Waals surface area contributed by atoms with Crippen molar-refractivity contribution in [1.29, 1.82) is 0 Å². The minimum absolute atomic E-state index is 0.00678. The van der Waals surface area contributed by atoms with Crippen molar-refractivity contribution in [3.05, 3.63) is 47.9 Å². The lowest BCUT2D eigenvalue weighted by Crippen LogP contribution is -2.50. The number of carbonyl (C=O) groups excluding carboxylic acids is 1. The van der Waals surface area contributed by atoms with E-state index < -0.39 is 0 Å². The van der Waals surface area contributed by atoms with Gasteiger partial charge in [-0.2, -0.15) is 0 Å². The van der Waals surface area contributed by atoms with Crippen LogP contribution in [-0.2, 0) is 4.79 Å². The summed E-state index contributed by atoms with van der Waals surface area (Å²) in [6, 6.07) is 2.15. The number of anilines is 1. The van der Waals surface area contributed by atoms with Crippen molar-refractivity contribution in [1.82, 2.24) is 19.9 Å². The molecule has 0 spiro atoms. The van der Waals surface area contributed by atoms with Gasteiger partial charge in [0.25, 0.3) is 5.91 Å². The van der Waals surface area contributed by atoms with Crippen LogP contribution in [0, 0.1) is 13.8 Å². The molecule has 0 unspecified atom stereocenters. The molecule has 0 aliphatic carbocycles. The van der Waals surface area contributed by atoms with Crippen molar-refractivity contribution < 1.29 is 4.79 Å². The number of aryl methyl sites for hydroxylation is 2. The molecule has 156 valence electrons. The highest BCUT2D eigenvalue weighted by atomic mass is 16.2. The fraction of sp³-hybridized carbons (Fsp3) is 0.500. The SMILES string of the molecule is C=C/C(=C\N=C(/C)C(=O)N1CCN(c2ncc(C)cc2C)CC1)N1CCCN1C. The van der Waals surface area contributed by atoms with Gasteiger partial charge in [0, 0.05) is 52.5 Å². The molecule has 2 aliphatic heterocycles. The van der Waals surface area contributed by atoms with Gasteiger partial charge >= 0.3 is 0 Å². The summed E-state index contributed by atoms with van der Waals surface area (Å²) in [7, 11) is 2.05. The summed E-state index contributed by atoms with van der Waals surface area (Å²) in [5.41, 5.74) is 3.77. The predicted molar refractivity (Wildman–Crippen MR) is 118 cm³/mol. The number of amides is 1. The molecule has 0 atom stereocenters. The van der Waals surface area contributed by atoms with Crippen LogP contribution in [0.1, 0.15) is 24.5 Å². The zero-order chi connectivity index (χ0) is 21.0. The summed E-state index contributed by atoms with van der Waals surface area (Å²) in [4.78, 5) is 26.0. The summed E-state index contributed by atoms with van der Waals surface area (Å²) >= 11 is 0. The topological polar surface area (TPSA) is 55.3 Å². The van der Waals surface area contributed by atoms with E-state index in [1.54, 1.807) is 19.2 Å². The van der Waals surface area contributed by atoms with Gasteiger partial charge in [-0.25, -0.2) is 9.99 Å². The molecular weight excluding hydrogens is 364 g/mol. The second kappa shape index (κ2) is 9.22. The smallest absolute Gasteiger partial charge is 0.268 e. The van der Waals surface area contributed by atoms with Crippen LogP contribution < -0.4 is 4.90 Å². The zero-order valence-electron chi connectivity index (χ0n) is 18.1. The molecular formula is C22H32N6O. The van der Waals surface area contributed by atoms with Gasteiger partial charge in [0.1, 0.15) is 11.5 Å². The van der Waals surface area contributed by atoms with Crippen molar-refractivity contribution in [3.8, 4) is 0 Å². The Labute approximate surface area is 174 Å². The van der Waals surface area contributed by atoms with Crippen molar-refractivity contribution in [3.63, 3.8) is 0 Å². The molecule has 7 nitrogen and oxygen atoms in total. The Morgan fingerprint density at radius 1 is 1.17 bits per heavy atom. The van der Waals surface area contributed by atoms with E-state index in [0.717, 1.165) is 44.1 Å². The monoisotopic (exact) mass is 396 g/mol. The number of hydrogen-bond acceptors (Lipinski definition) is 6. The van der Waals surface area contributed by atoms with Crippen LogP contribution in [0.2, 0.25) is 0 Å². The number of carbonyl (C=O) groups is 1. The molecule has 0 radical (unpaired) electrons. The molecule has 29 heavy (non-hydrogen) atoms. The number of hydrazine groups is 1. The molecule has 2 fully saturated rings. The number of aliphatic imine (C=N–C) groups is 1. The molecule has 0 saturated carbocycles. The van der Waals surface area contributed by atoms with Crippen LogP contribution in [0.4, 0.5) is 5.82 Å². The van der Waals surface area contributed by atoms with Gasteiger partial charge in [0.05, 0.1) is 11.9 Å². The third-order valence-corrected chi connectivity index (χ3v) is 5.52. The van der Waals surface area contributed by atoms with Crippen LogP contribution in [0.15, 0.2) is 41.8 Å². The molecule has 1 aromatic rings. The molecule has 3 rings (SSSR count). The number of pyridine rings is 1. The lowest BCUT2D eigenvalue weighted by molar-refractivity contribution is -0.124. The van der Waals surface area contributed by atoms with Crippen molar-refractivity contribution in [2.24, 2.45) is 4.99 Å². The van der Waals surface area contributed by atoms with Gasteiger partial charge in [-0.15, -0.1) is 0 Å². The molecule has 0 N–H and O–H groups in total. The van der Waals surface area contributed by atoms with Crippen LogP contribution in [0.5, 0.6) is 0 Å². The Morgan fingerprint density at radius 3 is 2.48 bits per heavy atom. The molecule has 0 bridgehead atoms. The number of allylic oxidation sites excluding steroid dienone is 1. The van der Waals surface area contributed by atoms with Crippen molar-refractivity contribution >= 4 is 17.4 Å². The lowest BCUT2D eigenvalue weighted by atomic mass is 10.2. The van der Waals surface area contributed by atoms with Gasteiger partial charge in [-0.1, -0.05) is 12.6 Å². The average Bonchev–Trinajstić information content (AvgIpc) is 3.14. The minimum Gasteiger partial charge on any atom is -0.353 e. The first-order valence-electron chi connectivity index (χ1n) is 10.2. The molecule has 3 heterocycles. The van der Waals surface area contributed by atoms with Crippen LogP contribution >= 0.6 is 0 Å². The summed E-state index contributed by atoms with van der Waals surface area (Å²) in [5, 5.41) is 4.30. The molecule has 1 aromatic heterocycles. The maximum absolute atomic E-state index is 12.8. The third kappa shape index (κ3) is 4.85. The predicted octanol–water partition coefficient (Wildman–Crippen LogP) is 2.39. The van der Waals surface area contributed by atoms with Gasteiger partial charge < -0.3 is 14.8 Å². The second-order valence-electron chi connectivity index (χ2n) is 7.76. The standard InChI is InChI=1S/C22H32N6O/c1-6-20(28-9-7-8-25(28)5)16-23-19(4)22(29)27-12-10-26(11-13-27)21-18(3)14-17(2)15-24-21/h6,14-16H,1,7-13H2,2-5H3/b20-16+,23-19+. The van der Waals surface area contributed by atoms with E-state index >= 15 is 0 Å². The van der Waals surface area contributed by atoms with Crippen LogP contribution in [0.25, 0.3) is 0 Å². The first-order chi connectivity index (χ1) is 13.9. The summed E-state index contributed by atoms with van der Waals surface area (Å²) < 4.78 is 0. The van der Waals surface area contributed by atoms with E-state index in [-0.39, 0.29) is 5.91 Å². The van der Waals surface area contributed by atoms with E-state index in [9.17, 15) is 4.79 Å². The summed E-state index contributed by atoms with van der Waals surface area (Å²) in [5.74, 6) is 1.01. The number of rotatable bonds is 5. The molecule has 7 heteroatoms. The van der Waals surface area contributed by atoms with E-state index in [4.69, 9.17) is 0 Å². The van der Waals surface area contributed by atoms with E-state index in [1.165, 1.54) is 11.1 Å². The third-order valence-electron chi connectivity index (χ3n) is 5.52. The first kappa shape index (κ1) is 21.0. The fourth-order valence-electron chi connectivity index (χ4n) is 3.90. The zero-order valence-corrected chi connectivity index (χ0v) is 18.1. The average molecular weight is 397 g/mol. The Bertz CT molecular complexity index is 823. The number of aromatic nitrogens is 1. The van der Waals surface area contributed by atoms with Crippen molar-refractivity contribution in [2.45, 2.75) is 27.2 Å². The van der Waals surface area contributed by atoms with Gasteiger partial charge in [0.2, 0.25) is 0 Å². The van der Waals surface area contributed by atoms with E-state index in [1.807, 2.05) is 11.1 Å². The largest absolute Gasteiger partial charge is 0.353 e. The molecule has 0 aromatic carbocycles. The van der Waals surface area contributed by atoms with E-state index in [0.29, 0.717) is 18.8 Å². The quantitative estimate of drug-likeness (QED) is 0.565. The fourth-order valence-corrected chi connectivity index (χ4v) is 3.90. The van der Waals surface area contributed by atoms with Gasteiger partial charge in [0.15, 0.2) is 0 Å². The van der Waals surface area contributed by atoms with Crippen LogP contribution in [-0.4, -0.2) is 77.8 Å². The maximum atomic E-state index is 12.8. The van der Waals surface area contributed by atoms with Crippen molar-refractivity contribution in [2.75, 3.05) is 51.2 Å². The Balaban J connectivity index is 1.61. The normalized spacial score (nSPS) is 19.1. The van der Waals surface area contributed by atoms with E-state index in [2.05, 4.69) is 58.4 Å². The second-order valence-corrected chi connectivity index (χ2v) is 7.76. The molecule has 2 aliphatic rings. The highest BCUT2D eigenvalue weighted by Gasteiger charge is 2.24. The number of piperazine rings is 1. The van der Waals surface area contributed by atoms with Crippen LogP contribution in [0.3, 0.4) is 0 Å². The molecule has 2 saturated heterocycles. The Hall–Kier alpha value is -2.67. The first-order valence-corrected chi connectivity index (χ1v) is 10.2. The highest BCUT2D eigenvalue weighted by molar-refractivity contribution is 6.38. The number of nitrogens with zero attached hydrogens (tertiary/aromatic N) is 6. The molecule has 1 amide bonds. The maximum Gasteiger partial charge on any atom is 0.268 e. The Morgan fingerprint density at radius 2 is 1.90 bits per heavy atom. The van der Waals surface area contributed by atoms with Gasteiger partial charge in [-0.05, 0) is 44.4 Å². The summed E-state index contributed by atoms with van der Waals surface area (Å²) in [6.07, 6.45) is 6.55.